The molecule has 1 aromatic carbocycles. The summed E-state index contributed by atoms with van der Waals surface area (Å²) in [5.74, 6) is 0.204. The maximum absolute atomic E-state index is 12.2. The summed E-state index contributed by atoms with van der Waals surface area (Å²) in [6.45, 7) is 3.06. The van der Waals surface area contributed by atoms with Gasteiger partial charge < -0.3 is 15.0 Å². The highest BCUT2D eigenvalue weighted by atomic mass is 32.2. The van der Waals surface area contributed by atoms with E-state index in [-0.39, 0.29) is 30.0 Å². The van der Waals surface area contributed by atoms with Crippen LogP contribution in [-0.4, -0.2) is 48.0 Å². The minimum absolute atomic E-state index is 0.0208. The summed E-state index contributed by atoms with van der Waals surface area (Å²) >= 11 is 1.27. The second kappa shape index (κ2) is 8.73. The number of ether oxygens (including phenoxy) is 1. The van der Waals surface area contributed by atoms with Crippen molar-refractivity contribution in [3.63, 3.8) is 0 Å². The van der Waals surface area contributed by atoms with Gasteiger partial charge in [0, 0.05) is 25.3 Å². The van der Waals surface area contributed by atoms with Crippen LogP contribution in [0.2, 0.25) is 0 Å². The van der Waals surface area contributed by atoms with E-state index in [1.54, 1.807) is 4.90 Å². The van der Waals surface area contributed by atoms with Gasteiger partial charge in [-0.3, -0.25) is 14.4 Å². The van der Waals surface area contributed by atoms with Crippen LogP contribution in [0, 0.1) is 6.92 Å². The van der Waals surface area contributed by atoms with Crippen molar-refractivity contribution in [3.05, 3.63) is 35.4 Å². The van der Waals surface area contributed by atoms with Gasteiger partial charge in [0.25, 0.3) is 5.24 Å². The van der Waals surface area contributed by atoms with E-state index in [4.69, 9.17) is 4.74 Å². The molecule has 1 N–H and O–H groups in total. The maximum Gasteiger partial charge on any atom is 0.307 e. The predicted octanol–water partition coefficient (Wildman–Crippen LogP) is 2.27. The second-order valence-electron chi connectivity index (χ2n) is 5.66. The van der Waals surface area contributed by atoms with Gasteiger partial charge in [0.2, 0.25) is 5.91 Å². The standard InChI is InChI=1S/C17H22N2O4S/c1-12-3-5-13(6-4-12)14(11-16(21)23-2)18-15(20)7-8-19-9-10-24-17(19)22/h3-6,14H,7-11H2,1-2H3,(H,18,20)/t14-/m0/s1. The molecule has 0 saturated carbocycles. The quantitative estimate of drug-likeness (QED) is 0.764. The van der Waals surface area contributed by atoms with Crippen LogP contribution in [0.1, 0.15) is 30.0 Å². The fraction of sp³-hybridized carbons (Fsp3) is 0.471. The number of esters is 1. The zero-order valence-corrected chi connectivity index (χ0v) is 14.7. The number of methoxy groups -OCH3 is 1. The summed E-state index contributed by atoms with van der Waals surface area (Å²) in [4.78, 5) is 37.1. The van der Waals surface area contributed by atoms with Crippen molar-refractivity contribution in [1.29, 1.82) is 0 Å². The van der Waals surface area contributed by atoms with Gasteiger partial charge in [-0.1, -0.05) is 41.6 Å². The lowest BCUT2D eigenvalue weighted by Crippen LogP contribution is -2.34. The first-order valence-corrected chi connectivity index (χ1v) is 8.82. The molecule has 1 atom stereocenters. The average Bonchev–Trinajstić information content (AvgIpc) is 2.98. The van der Waals surface area contributed by atoms with Crippen LogP contribution in [0.5, 0.6) is 0 Å². The highest BCUT2D eigenvalue weighted by Crippen LogP contribution is 2.20. The molecule has 0 spiro atoms. The summed E-state index contributed by atoms with van der Waals surface area (Å²) < 4.78 is 4.72. The Hall–Kier alpha value is -2.02. The number of carbonyl (C=O) groups excluding carboxylic acids is 3. The van der Waals surface area contributed by atoms with Crippen molar-refractivity contribution < 1.29 is 19.1 Å². The minimum Gasteiger partial charge on any atom is -0.469 e. The van der Waals surface area contributed by atoms with Crippen molar-refractivity contribution >= 4 is 28.9 Å². The number of amides is 2. The summed E-state index contributed by atoms with van der Waals surface area (Å²) in [7, 11) is 1.33. The minimum atomic E-state index is -0.436. The Morgan fingerprint density at radius 3 is 2.62 bits per heavy atom. The number of carbonyl (C=O) groups is 3. The van der Waals surface area contributed by atoms with E-state index in [2.05, 4.69) is 5.32 Å². The molecule has 0 aliphatic carbocycles. The van der Waals surface area contributed by atoms with Crippen LogP contribution >= 0.6 is 11.8 Å². The van der Waals surface area contributed by atoms with E-state index in [0.29, 0.717) is 13.1 Å². The molecule has 7 heteroatoms. The third-order valence-corrected chi connectivity index (χ3v) is 4.76. The molecule has 1 heterocycles. The Morgan fingerprint density at radius 2 is 2.04 bits per heavy atom. The predicted molar refractivity (Wildman–Crippen MR) is 92.7 cm³/mol. The van der Waals surface area contributed by atoms with Gasteiger partial charge in [0.15, 0.2) is 0 Å². The SMILES string of the molecule is COC(=O)C[C@H](NC(=O)CCN1CCSC1=O)c1ccc(C)cc1. The molecule has 6 nitrogen and oxygen atoms in total. The number of thioether (sulfide) groups is 1. The monoisotopic (exact) mass is 350 g/mol. The molecule has 0 aromatic heterocycles. The summed E-state index contributed by atoms with van der Waals surface area (Å²) in [6.07, 6.45) is 0.291. The fourth-order valence-electron chi connectivity index (χ4n) is 2.43. The van der Waals surface area contributed by atoms with E-state index in [1.807, 2.05) is 31.2 Å². The molecule has 1 fully saturated rings. The van der Waals surface area contributed by atoms with E-state index in [0.717, 1.165) is 16.9 Å². The van der Waals surface area contributed by atoms with Crippen molar-refractivity contribution in [2.75, 3.05) is 26.0 Å². The zero-order chi connectivity index (χ0) is 17.5. The first kappa shape index (κ1) is 18.3. The fourth-order valence-corrected chi connectivity index (χ4v) is 3.28. The Kier molecular flexibility index (Phi) is 6.66. The number of nitrogens with one attached hydrogen (secondary N) is 1. The lowest BCUT2D eigenvalue weighted by atomic mass is 10.0. The normalized spacial score (nSPS) is 15.2. The number of aryl methyl sites for hydroxylation is 1. The molecule has 24 heavy (non-hydrogen) atoms. The average molecular weight is 350 g/mol. The Balaban J connectivity index is 1.96. The molecular formula is C17H22N2O4S. The van der Waals surface area contributed by atoms with E-state index >= 15 is 0 Å². The van der Waals surface area contributed by atoms with Gasteiger partial charge in [0.1, 0.15) is 0 Å². The van der Waals surface area contributed by atoms with Gasteiger partial charge in [0.05, 0.1) is 19.6 Å². The first-order chi connectivity index (χ1) is 11.5. The number of hydrogen-bond acceptors (Lipinski definition) is 5. The lowest BCUT2D eigenvalue weighted by Gasteiger charge is -2.20. The molecule has 2 rings (SSSR count). The smallest absolute Gasteiger partial charge is 0.307 e. The third-order valence-electron chi connectivity index (χ3n) is 3.87. The van der Waals surface area contributed by atoms with Gasteiger partial charge in [-0.15, -0.1) is 0 Å². The third kappa shape index (κ3) is 5.26. The summed E-state index contributed by atoms with van der Waals surface area (Å²) in [6, 6.07) is 7.22. The Morgan fingerprint density at radius 1 is 1.33 bits per heavy atom. The number of benzene rings is 1. The van der Waals surface area contributed by atoms with E-state index in [1.165, 1.54) is 18.9 Å². The van der Waals surface area contributed by atoms with Crippen molar-refractivity contribution in [2.24, 2.45) is 0 Å². The van der Waals surface area contributed by atoms with Crippen LogP contribution in [0.4, 0.5) is 4.79 Å². The van der Waals surface area contributed by atoms with Crippen LogP contribution in [-0.2, 0) is 14.3 Å². The van der Waals surface area contributed by atoms with E-state index in [9.17, 15) is 14.4 Å². The Labute approximate surface area is 145 Å². The van der Waals surface area contributed by atoms with Crippen molar-refractivity contribution in [1.82, 2.24) is 10.2 Å². The second-order valence-corrected chi connectivity index (χ2v) is 6.71. The summed E-state index contributed by atoms with van der Waals surface area (Å²) in [5.41, 5.74) is 1.96. The van der Waals surface area contributed by atoms with Gasteiger partial charge >= 0.3 is 5.97 Å². The zero-order valence-electron chi connectivity index (χ0n) is 13.9. The van der Waals surface area contributed by atoms with Crippen molar-refractivity contribution in [3.8, 4) is 0 Å². The molecule has 130 valence electrons. The Bertz CT molecular complexity index is 603. The highest BCUT2D eigenvalue weighted by molar-refractivity contribution is 8.13. The van der Waals surface area contributed by atoms with Crippen molar-refractivity contribution in [2.45, 2.75) is 25.8 Å². The van der Waals surface area contributed by atoms with E-state index < -0.39 is 6.04 Å². The number of nitrogens with zero attached hydrogens (tertiary/aromatic N) is 1. The molecule has 2 amide bonds. The molecule has 0 bridgehead atoms. The van der Waals surface area contributed by atoms with Crippen LogP contribution in [0.25, 0.3) is 0 Å². The largest absolute Gasteiger partial charge is 0.469 e. The molecule has 1 aromatic rings. The molecule has 0 radical (unpaired) electrons. The summed E-state index contributed by atoms with van der Waals surface area (Å²) in [5, 5.41) is 2.89. The number of rotatable bonds is 7. The lowest BCUT2D eigenvalue weighted by molar-refractivity contribution is -0.141. The van der Waals surface area contributed by atoms with Crippen LogP contribution < -0.4 is 5.32 Å². The number of hydrogen-bond donors (Lipinski definition) is 1. The molecule has 0 unspecified atom stereocenters. The maximum atomic E-state index is 12.2. The van der Waals surface area contributed by atoms with Gasteiger partial charge in [-0.05, 0) is 12.5 Å². The van der Waals surface area contributed by atoms with Crippen LogP contribution in [0.3, 0.4) is 0 Å². The van der Waals surface area contributed by atoms with Gasteiger partial charge in [-0.2, -0.15) is 0 Å². The molecule has 1 aliphatic rings. The molecular weight excluding hydrogens is 328 g/mol. The topological polar surface area (TPSA) is 75.7 Å². The molecule has 1 aliphatic heterocycles. The van der Waals surface area contributed by atoms with Gasteiger partial charge in [-0.25, -0.2) is 0 Å². The first-order valence-electron chi connectivity index (χ1n) is 7.84. The molecule has 1 saturated heterocycles. The van der Waals surface area contributed by atoms with Crippen LogP contribution in [0.15, 0.2) is 24.3 Å². The highest BCUT2D eigenvalue weighted by Gasteiger charge is 2.23.